The maximum atomic E-state index is 11.7. The molecule has 0 radical (unpaired) electrons. The van der Waals surface area contributed by atoms with Crippen molar-refractivity contribution in [1.82, 2.24) is 0 Å². The molecule has 0 aliphatic carbocycles. The molecule has 1 rings (SSSR count). The Kier molecular flexibility index (Phi) is 7.93. The number of rotatable bonds is 7. The maximum Gasteiger partial charge on any atom is 0.322 e. The van der Waals surface area contributed by atoms with Gasteiger partial charge in [-0.3, -0.25) is 9.59 Å². The van der Waals surface area contributed by atoms with Gasteiger partial charge < -0.3 is 15.8 Å². The molecule has 0 saturated carbocycles. The number of thioether (sulfide) groups is 1. The number of methoxy groups -OCH3 is 1. The minimum Gasteiger partial charge on any atom is -0.468 e. The summed E-state index contributed by atoms with van der Waals surface area (Å²) in [5.74, 6) is 0.480. The molecule has 0 fully saturated rings. The molecule has 7 heteroatoms. The highest BCUT2D eigenvalue weighted by Gasteiger charge is 2.13. The van der Waals surface area contributed by atoms with Gasteiger partial charge in [-0.1, -0.05) is 12.1 Å². The molecule has 1 aromatic carbocycles. The number of anilines is 1. The number of amides is 1. The lowest BCUT2D eigenvalue weighted by atomic mass is 10.2. The average Bonchev–Trinajstić information content (AvgIpc) is 2.45. The number of halogens is 1. The van der Waals surface area contributed by atoms with Crippen molar-refractivity contribution in [1.29, 1.82) is 0 Å². The fourth-order valence-corrected chi connectivity index (χ4v) is 2.74. The van der Waals surface area contributed by atoms with Crippen molar-refractivity contribution in [2.45, 2.75) is 12.5 Å². The van der Waals surface area contributed by atoms with Crippen molar-refractivity contribution in [3.05, 3.63) is 27.8 Å². The summed E-state index contributed by atoms with van der Waals surface area (Å²) < 4.78 is 5.53. The first-order valence-corrected chi connectivity index (χ1v) is 8.23. The Morgan fingerprint density at radius 2 is 2.15 bits per heavy atom. The van der Waals surface area contributed by atoms with Gasteiger partial charge in [0.15, 0.2) is 0 Å². The zero-order valence-corrected chi connectivity index (χ0v) is 14.1. The Balaban J connectivity index is 2.24. The number of esters is 1. The Labute approximate surface area is 136 Å². The summed E-state index contributed by atoms with van der Waals surface area (Å²) in [6, 6.07) is 6.96. The first-order chi connectivity index (χ1) is 9.54. The number of para-hydroxylation sites is 1. The molecule has 1 unspecified atom stereocenters. The van der Waals surface area contributed by atoms with Crippen LogP contribution in [0.15, 0.2) is 24.3 Å². The quantitative estimate of drug-likeness (QED) is 0.409. The summed E-state index contributed by atoms with van der Waals surface area (Å²) in [6.07, 6.45) is 0.494. The van der Waals surface area contributed by atoms with Gasteiger partial charge in [-0.2, -0.15) is 11.8 Å². The Morgan fingerprint density at radius 3 is 2.80 bits per heavy atom. The number of carbonyl (C=O) groups excluding carboxylic acids is 2. The molecular weight excluding hydrogens is 391 g/mol. The Morgan fingerprint density at radius 1 is 1.45 bits per heavy atom. The Bertz CT molecular complexity index is 471. The van der Waals surface area contributed by atoms with Gasteiger partial charge in [0.1, 0.15) is 6.04 Å². The van der Waals surface area contributed by atoms with Crippen molar-refractivity contribution in [2.24, 2.45) is 5.73 Å². The van der Waals surface area contributed by atoms with E-state index in [1.165, 1.54) is 18.9 Å². The predicted molar refractivity (Wildman–Crippen MR) is 89.7 cm³/mol. The second-order valence-electron chi connectivity index (χ2n) is 4.00. The van der Waals surface area contributed by atoms with E-state index >= 15 is 0 Å². The molecule has 1 atom stereocenters. The number of hydrogen-bond donors (Lipinski definition) is 2. The Hall–Kier alpha value is -0.800. The van der Waals surface area contributed by atoms with Crippen LogP contribution in [0.5, 0.6) is 0 Å². The summed E-state index contributed by atoms with van der Waals surface area (Å²) in [4.78, 5) is 22.8. The molecule has 1 amide bonds. The molecule has 0 spiro atoms. The monoisotopic (exact) mass is 408 g/mol. The van der Waals surface area contributed by atoms with Gasteiger partial charge in [-0.05, 0) is 46.9 Å². The number of ether oxygens (including phenoxy) is 1. The van der Waals surface area contributed by atoms with Gasteiger partial charge in [-0.25, -0.2) is 0 Å². The molecule has 0 bridgehead atoms. The van der Waals surface area contributed by atoms with E-state index in [2.05, 4.69) is 32.6 Å². The SMILES string of the molecule is COC(=O)C(N)CCSCC(=O)Nc1ccccc1I. The van der Waals surface area contributed by atoms with Gasteiger partial charge in [0.2, 0.25) is 5.91 Å². The van der Waals surface area contributed by atoms with Crippen molar-refractivity contribution in [2.75, 3.05) is 23.9 Å². The van der Waals surface area contributed by atoms with Gasteiger partial charge >= 0.3 is 5.97 Å². The van der Waals surface area contributed by atoms with E-state index in [4.69, 9.17) is 5.73 Å². The number of nitrogens with two attached hydrogens (primary N) is 1. The minimum atomic E-state index is -0.620. The molecule has 1 aromatic rings. The normalized spacial score (nSPS) is 11.8. The standard InChI is InChI=1S/C13H17IN2O3S/c1-19-13(18)10(15)6-7-20-8-12(17)16-11-5-3-2-4-9(11)14/h2-5,10H,6-8,15H2,1H3,(H,16,17). The van der Waals surface area contributed by atoms with Crippen LogP contribution in [0.1, 0.15) is 6.42 Å². The van der Waals surface area contributed by atoms with E-state index in [1.807, 2.05) is 24.3 Å². The lowest BCUT2D eigenvalue weighted by Gasteiger charge is -2.09. The van der Waals surface area contributed by atoms with Crippen LogP contribution >= 0.6 is 34.4 Å². The largest absolute Gasteiger partial charge is 0.468 e. The number of nitrogens with one attached hydrogen (secondary N) is 1. The third kappa shape index (κ3) is 6.10. The number of hydrogen-bond acceptors (Lipinski definition) is 5. The average molecular weight is 408 g/mol. The van der Waals surface area contributed by atoms with Crippen LogP contribution in [0.4, 0.5) is 5.69 Å². The molecule has 110 valence electrons. The highest BCUT2D eigenvalue weighted by atomic mass is 127. The lowest BCUT2D eigenvalue weighted by molar-refractivity contribution is -0.142. The molecule has 0 heterocycles. The van der Waals surface area contributed by atoms with Crippen molar-refractivity contribution >= 4 is 51.9 Å². The maximum absolute atomic E-state index is 11.7. The van der Waals surface area contributed by atoms with E-state index in [-0.39, 0.29) is 5.91 Å². The third-order valence-corrected chi connectivity index (χ3v) is 4.39. The summed E-state index contributed by atoms with van der Waals surface area (Å²) in [5.41, 5.74) is 6.41. The van der Waals surface area contributed by atoms with E-state index in [0.29, 0.717) is 17.9 Å². The third-order valence-electron chi connectivity index (χ3n) is 2.46. The summed E-state index contributed by atoms with van der Waals surface area (Å²) >= 11 is 3.61. The fraction of sp³-hybridized carbons (Fsp3) is 0.385. The zero-order valence-electron chi connectivity index (χ0n) is 11.1. The van der Waals surface area contributed by atoms with Gasteiger partial charge in [0.25, 0.3) is 0 Å². The first-order valence-electron chi connectivity index (χ1n) is 6.00. The molecule has 20 heavy (non-hydrogen) atoms. The van der Waals surface area contributed by atoms with Crippen molar-refractivity contribution in [3.63, 3.8) is 0 Å². The number of carbonyl (C=O) groups is 2. The predicted octanol–water partition coefficient (Wildman–Crippen LogP) is 1.85. The smallest absolute Gasteiger partial charge is 0.322 e. The van der Waals surface area contributed by atoms with Gasteiger partial charge in [-0.15, -0.1) is 0 Å². The second-order valence-corrected chi connectivity index (χ2v) is 6.27. The first kappa shape index (κ1) is 17.3. The molecule has 0 aliphatic heterocycles. The molecule has 5 nitrogen and oxygen atoms in total. The molecule has 0 aromatic heterocycles. The van der Waals surface area contributed by atoms with E-state index in [0.717, 1.165) is 9.26 Å². The van der Waals surface area contributed by atoms with Gasteiger partial charge in [0.05, 0.1) is 18.6 Å². The van der Waals surface area contributed by atoms with Gasteiger partial charge in [0, 0.05) is 3.57 Å². The summed E-state index contributed by atoms with van der Waals surface area (Å²) in [5, 5.41) is 2.84. The fourth-order valence-electron chi connectivity index (χ4n) is 1.39. The van der Waals surface area contributed by atoms with Crippen LogP contribution in [0, 0.1) is 3.57 Å². The second kappa shape index (κ2) is 9.19. The van der Waals surface area contributed by atoms with Crippen LogP contribution < -0.4 is 11.1 Å². The van der Waals surface area contributed by atoms with Crippen LogP contribution in [0.25, 0.3) is 0 Å². The summed E-state index contributed by atoms with van der Waals surface area (Å²) in [7, 11) is 1.31. The zero-order chi connectivity index (χ0) is 15.0. The number of benzene rings is 1. The topological polar surface area (TPSA) is 81.4 Å². The van der Waals surface area contributed by atoms with Crippen LogP contribution in [0.2, 0.25) is 0 Å². The molecule has 0 aliphatic rings. The minimum absolute atomic E-state index is 0.0641. The highest BCUT2D eigenvalue weighted by Crippen LogP contribution is 2.17. The lowest BCUT2D eigenvalue weighted by Crippen LogP contribution is -2.32. The van der Waals surface area contributed by atoms with E-state index in [1.54, 1.807) is 0 Å². The van der Waals surface area contributed by atoms with Crippen LogP contribution in [0.3, 0.4) is 0 Å². The summed E-state index contributed by atoms with van der Waals surface area (Å²) in [6.45, 7) is 0. The van der Waals surface area contributed by atoms with Crippen LogP contribution in [-0.4, -0.2) is 36.5 Å². The molecular formula is C13H17IN2O3S. The highest BCUT2D eigenvalue weighted by molar-refractivity contribution is 14.1. The molecule has 0 saturated heterocycles. The molecule has 3 N–H and O–H groups in total. The van der Waals surface area contributed by atoms with Crippen LogP contribution in [-0.2, 0) is 14.3 Å². The van der Waals surface area contributed by atoms with E-state index < -0.39 is 12.0 Å². The van der Waals surface area contributed by atoms with Crippen molar-refractivity contribution in [3.8, 4) is 0 Å². The van der Waals surface area contributed by atoms with Crippen molar-refractivity contribution < 1.29 is 14.3 Å². The van der Waals surface area contributed by atoms with E-state index in [9.17, 15) is 9.59 Å².